The summed E-state index contributed by atoms with van der Waals surface area (Å²) in [7, 11) is 0. The molecule has 1 fully saturated rings. The zero-order valence-electron chi connectivity index (χ0n) is 9.99. The van der Waals surface area contributed by atoms with Crippen molar-refractivity contribution in [3.05, 3.63) is 34.3 Å². The molecule has 0 aliphatic carbocycles. The van der Waals surface area contributed by atoms with E-state index in [2.05, 4.69) is 6.07 Å². The van der Waals surface area contributed by atoms with E-state index >= 15 is 0 Å². The van der Waals surface area contributed by atoms with Crippen LogP contribution in [0.1, 0.15) is 30.0 Å². The number of halogens is 2. The number of benzene rings is 1. The predicted octanol–water partition coefficient (Wildman–Crippen LogP) is 3.50. The normalized spacial score (nSPS) is 18.5. The molecule has 1 aliphatic rings. The topological polar surface area (TPSA) is 35.2 Å². The lowest BCUT2D eigenvalue weighted by Gasteiger charge is -2.28. The maximum Gasteiger partial charge on any atom is 0.0469 e. The van der Waals surface area contributed by atoms with Gasteiger partial charge in [0.05, 0.1) is 0 Å². The van der Waals surface area contributed by atoms with Crippen molar-refractivity contribution in [1.82, 2.24) is 0 Å². The summed E-state index contributed by atoms with van der Waals surface area (Å²) in [6.45, 7) is 3.67. The molecule has 0 unspecified atom stereocenters. The lowest BCUT2D eigenvalue weighted by Crippen LogP contribution is -2.27. The summed E-state index contributed by atoms with van der Waals surface area (Å²) in [5, 5.41) is 0.806. The highest BCUT2D eigenvalue weighted by atomic mass is 35.5. The van der Waals surface area contributed by atoms with Crippen molar-refractivity contribution in [2.24, 2.45) is 11.7 Å². The zero-order valence-corrected chi connectivity index (χ0v) is 11.6. The molecule has 1 aromatic rings. The van der Waals surface area contributed by atoms with E-state index in [1.54, 1.807) is 0 Å². The first-order valence-electron chi connectivity index (χ1n) is 5.78. The first-order chi connectivity index (χ1) is 7.68. The van der Waals surface area contributed by atoms with Crippen LogP contribution in [0.3, 0.4) is 0 Å². The van der Waals surface area contributed by atoms with Gasteiger partial charge in [0.1, 0.15) is 0 Å². The predicted molar refractivity (Wildman–Crippen MR) is 73.9 cm³/mol. The summed E-state index contributed by atoms with van der Waals surface area (Å²) in [5.74, 6) is 0.521. The van der Waals surface area contributed by atoms with Gasteiger partial charge >= 0.3 is 0 Å². The summed E-state index contributed by atoms with van der Waals surface area (Å²) in [6.07, 6.45) is 2.10. The molecule has 1 heterocycles. The Kier molecular flexibility index (Phi) is 5.74. The van der Waals surface area contributed by atoms with Gasteiger partial charge < -0.3 is 10.5 Å². The minimum absolute atomic E-state index is 0. The second-order valence-corrected chi connectivity index (χ2v) is 4.89. The maximum atomic E-state index is 6.27. The van der Waals surface area contributed by atoms with Crippen LogP contribution in [0.15, 0.2) is 18.2 Å². The summed E-state index contributed by atoms with van der Waals surface area (Å²) in [4.78, 5) is 0. The Morgan fingerprint density at radius 3 is 2.59 bits per heavy atom. The molecular weight excluding hydrogens is 257 g/mol. The zero-order chi connectivity index (χ0) is 11.5. The van der Waals surface area contributed by atoms with Crippen molar-refractivity contribution in [3.63, 3.8) is 0 Å². The molecule has 0 bridgehead atoms. The second kappa shape index (κ2) is 6.60. The minimum atomic E-state index is 0. The van der Waals surface area contributed by atoms with Crippen molar-refractivity contribution < 1.29 is 4.74 Å². The first-order valence-corrected chi connectivity index (χ1v) is 6.15. The van der Waals surface area contributed by atoms with Crippen molar-refractivity contribution in [2.75, 3.05) is 13.2 Å². The van der Waals surface area contributed by atoms with Gasteiger partial charge in [0.15, 0.2) is 0 Å². The number of ether oxygens (including phenoxy) is 1. The highest BCUT2D eigenvalue weighted by molar-refractivity contribution is 6.31. The van der Waals surface area contributed by atoms with Gasteiger partial charge in [-0.3, -0.25) is 0 Å². The van der Waals surface area contributed by atoms with Crippen LogP contribution in [-0.4, -0.2) is 13.2 Å². The van der Waals surface area contributed by atoms with Crippen molar-refractivity contribution in [1.29, 1.82) is 0 Å². The van der Waals surface area contributed by atoms with E-state index in [1.807, 2.05) is 19.1 Å². The van der Waals surface area contributed by atoms with E-state index in [0.717, 1.165) is 42.2 Å². The number of hydrogen-bond acceptors (Lipinski definition) is 2. The van der Waals surface area contributed by atoms with Crippen LogP contribution in [-0.2, 0) is 4.74 Å². The van der Waals surface area contributed by atoms with Crippen LogP contribution in [0.25, 0.3) is 0 Å². The largest absolute Gasteiger partial charge is 0.381 e. The molecule has 0 aromatic heterocycles. The van der Waals surface area contributed by atoms with E-state index in [1.165, 1.54) is 0 Å². The Morgan fingerprint density at radius 2 is 2.00 bits per heavy atom. The third kappa shape index (κ3) is 3.59. The molecule has 96 valence electrons. The van der Waals surface area contributed by atoms with E-state index in [4.69, 9.17) is 22.1 Å². The van der Waals surface area contributed by atoms with Gasteiger partial charge in [-0.25, -0.2) is 0 Å². The summed E-state index contributed by atoms with van der Waals surface area (Å²) in [5.41, 5.74) is 8.52. The second-order valence-electron chi connectivity index (χ2n) is 4.48. The summed E-state index contributed by atoms with van der Waals surface area (Å²) in [6, 6.07) is 6.21. The fourth-order valence-corrected chi connectivity index (χ4v) is 2.35. The minimum Gasteiger partial charge on any atom is -0.381 e. The molecule has 1 atom stereocenters. The highest BCUT2D eigenvalue weighted by Crippen LogP contribution is 2.30. The standard InChI is InChI=1S/C13H18ClNO.ClH/c1-9-2-3-11(8-12(9)14)13(15)10-4-6-16-7-5-10;/h2-3,8,10,13H,4-7,15H2,1H3;1H/t13-;/m1./s1. The average molecular weight is 276 g/mol. The highest BCUT2D eigenvalue weighted by Gasteiger charge is 2.22. The van der Waals surface area contributed by atoms with Crippen LogP contribution in [0.2, 0.25) is 5.02 Å². The number of hydrogen-bond donors (Lipinski definition) is 1. The Morgan fingerprint density at radius 1 is 1.35 bits per heavy atom. The molecule has 17 heavy (non-hydrogen) atoms. The first kappa shape index (κ1) is 14.8. The van der Waals surface area contributed by atoms with Crippen molar-refractivity contribution >= 4 is 24.0 Å². The quantitative estimate of drug-likeness (QED) is 0.897. The molecule has 1 aliphatic heterocycles. The maximum absolute atomic E-state index is 6.27. The molecule has 2 nitrogen and oxygen atoms in total. The third-order valence-electron chi connectivity index (χ3n) is 3.35. The summed E-state index contributed by atoms with van der Waals surface area (Å²) < 4.78 is 5.35. The van der Waals surface area contributed by atoms with Crippen molar-refractivity contribution in [3.8, 4) is 0 Å². The number of nitrogens with two attached hydrogens (primary N) is 1. The van der Waals surface area contributed by atoms with E-state index in [0.29, 0.717) is 5.92 Å². The molecule has 2 rings (SSSR count). The van der Waals surface area contributed by atoms with Gasteiger partial charge in [-0.05, 0) is 42.9 Å². The smallest absolute Gasteiger partial charge is 0.0469 e. The van der Waals surface area contributed by atoms with Crippen LogP contribution in [0, 0.1) is 12.8 Å². The number of rotatable bonds is 2. The Balaban J connectivity index is 0.00000144. The fraction of sp³-hybridized carbons (Fsp3) is 0.538. The Hall–Kier alpha value is -0.280. The molecular formula is C13H19Cl2NO. The monoisotopic (exact) mass is 275 g/mol. The van der Waals surface area contributed by atoms with Gasteiger partial charge in [-0.1, -0.05) is 23.7 Å². The van der Waals surface area contributed by atoms with Gasteiger partial charge in [0, 0.05) is 24.3 Å². The lowest BCUT2D eigenvalue weighted by atomic mass is 9.87. The molecule has 1 aromatic carbocycles. The van der Waals surface area contributed by atoms with Gasteiger partial charge in [-0.15, -0.1) is 12.4 Å². The van der Waals surface area contributed by atoms with E-state index in [-0.39, 0.29) is 18.4 Å². The van der Waals surface area contributed by atoms with E-state index in [9.17, 15) is 0 Å². The molecule has 0 spiro atoms. The molecule has 4 heteroatoms. The SMILES string of the molecule is Cc1ccc([C@H](N)C2CCOCC2)cc1Cl.Cl. The molecule has 0 saturated carbocycles. The van der Waals surface area contributed by atoms with Gasteiger partial charge in [0.25, 0.3) is 0 Å². The summed E-state index contributed by atoms with van der Waals surface area (Å²) >= 11 is 6.12. The van der Waals surface area contributed by atoms with Crippen LogP contribution in [0.4, 0.5) is 0 Å². The van der Waals surface area contributed by atoms with Crippen molar-refractivity contribution in [2.45, 2.75) is 25.8 Å². The molecule has 1 saturated heterocycles. The number of aryl methyl sites for hydroxylation is 1. The molecule has 0 radical (unpaired) electrons. The average Bonchev–Trinajstić information content (AvgIpc) is 2.33. The third-order valence-corrected chi connectivity index (χ3v) is 3.76. The van der Waals surface area contributed by atoms with Gasteiger partial charge in [0.2, 0.25) is 0 Å². The Labute approximate surface area is 114 Å². The Bertz CT molecular complexity index is 364. The lowest BCUT2D eigenvalue weighted by molar-refractivity contribution is 0.0584. The van der Waals surface area contributed by atoms with Crippen LogP contribution in [0.5, 0.6) is 0 Å². The molecule has 0 amide bonds. The fourth-order valence-electron chi connectivity index (χ4n) is 2.16. The van der Waals surface area contributed by atoms with Crippen LogP contribution < -0.4 is 5.73 Å². The van der Waals surface area contributed by atoms with Crippen LogP contribution >= 0.6 is 24.0 Å². The van der Waals surface area contributed by atoms with E-state index < -0.39 is 0 Å². The van der Waals surface area contributed by atoms with Gasteiger partial charge in [-0.2, -0.15) is 0 Å². The molecule has 2 N–H and O–H groups in total.